The Labute approximate surface area is 189 Å². The number of hydrogen-bond donors (Lipinski definition) is 0. The Hall–Kier alpha value is -3.34. The molecule has 0 atom stereocenters. The summed E-state index contributed by atoms with van der Waals surface area (Å²) in [4.78, 5) is 16.8. The van der Waals surface area contributed by atoms with Crippen molar-refractivity contribution in [1.29, 1.82) is 0 Å². The molecule has 0 aliphatic carbocycles. The Kier molecular flexibility index (Phi) is 6.51. The Balaban J connectivity index is 1.45. The molecule has 0 saturated heterocycles. The largest absolute Gasteiger partial charge is 0.457 e. The van der Waals surface area contributed by atoms with E-state index in [1.807, 2.05) is 54.6 Å². The third-order valence-corrected chi connectivity index (χ3v) is 5.20. The predicted molar refractivity (Wildman–Crippen MR) is 123 cm³/mol. The highest BCUT2D eigenvalue weighted by Crippen LogP contribution is 2.28. The minimum Gasteiger partial charge on any atom is -0.457 e. The number of aliphatic imine (C=N–C) groups is 1. The van der Waals surface area contributed by atoms with Gasteiger partial charge in [0.15, 0.2) is 0 Å². The molecule has 154 valence electrons. The molecule has 0 aliphatic heterocycles. The fourth-order valence-electron chi connectivity index (χ4n) is 2.90. The summed E-state index contributed by atoms with van der Waals surface area (Å²) in [5.74, 6) is 0.706. The lowest BCUT2D eigenvalue weighted by molar-refractivity contribution is 0.0473. The van der Waals surface area contributed by atoms with Gasteiger partial charge in [-0.05, 0) is 42.5 Å². The number of carbonyl (C=O) groups is 1. The van der Waals surface area contributed by atoms with Gasteiger partial charge in [-0.25, -0.2) is 4.79 Å². The van der Waals surface area contributed by atoms with Crippen molar-refractivity contribution in [2.75, 3.05) is 0 Å². The van der Waals surface area contributed by atoms with E-state index >= 15 is 0 Å². The van der Waals surface area contributed by atoms with E-state index in [1.165, 1.54) is 0 Å². The molecule has 0 saturated carbocycles. The smallest absolute Gasteiger partial charge is 0.339 e. The van der Waals surface area contributed by atoms with Crippen LogP contribution in [0.4, 0.5) is 5.69 Å². The molecule has 1 heterocycles. The summed E-state index contributed by atoms with van der Waals surface area (Å²) < 4.78 is 11.2. The molecular weight excluding hydrogens is 433 g/mol. The van der Waals surface area contributed by atoms with Gasteiger partial charge in [0.25, 0.3) is 0 Å². The topological polar surface area (TPSA) is 51.8 Å². The Morgan fingerprint density at radius 3 is 2.45 bits per heavy atom. The van der Waals surface area contributed by atoms with E-state index in [2.05, 4.69) is 4.99 Å². The zero-order valence-corrected chi connectivity index (χ0v) is 17.8. The number of carbonyl (C=O) groups excluding carboxylic acids is 1. The van der Waals surface area contributed by atoms with E-state index in [-0.39, 0.29) is 17.2 Å². The van der Waals surface area contributed by atoms with Crippen molar-refractivity contribution in [3.63, 3.8) is 0 Å². The fraction of sp³-hybridized carbons (Fsp3) is 0.0400. The summed E-state index contributed by atoms with van der Waals surface area (Å²) in [6.07, 6.45) is 1.65. The number of benzene rings is 3. The molecule has 0 fully saturated rings. The zero-order chi connectivity index (χ0) is 21.6. The van der Waals surface area contributed by atoms with Gasteiger partial charge in [0.2, 0.25) is 0 Å². The van der Waals surface area contributed by atoms with Gasteiger partial charge in [-0.1, -0.05) is 65.7 Å². The number of halogens is 2. The van der Waals surface area contributed by atoms with Crippen LogP contribution in [0.15, 0.2) is 94.3 Å². The Bertz CT molecular complexity index is 1230. The van der Waals surface area contributed by atoms with Crippen LogP contribution in [0, 0.1) is 0 Å². The second-order valence-corrected chi connectivity index (χ2v) is 7.47. The van der Waals surface area contributed by atoms with Crippen molar-refractivity contribution in [3.8, 4) is 11.3 Å². The molecule has 0 unspecified atom stereocenters. The lowest BCUT2D eigenvalue weighted by atomic mass is 10.1. The molecule has 0 spiro atoms. The molecule has 0 amide bonds. The van der Waals surface area contributed by atoms with Crippen molar-refractivity contribution in [1.82, 2.24) is 0 Å². The van der Waals surface area contributed by atoms with Crippen molar-refractivity contribution < 1.29 is 13.9 Å². The third kappa shape index (κ3) is 5.23. The summed E-state index contributed by atoms with van der Waals surface area (Å²) >= 11 is 12.4. The number of furan rings is 1. The van der Waals surface area contributed by atoms with E-state index in [9.17, 15) is 4.79 Å². The predicted octanol–water partition coefficient (Wildman–Crippen LogP) is 7.36. The van der Waals surface area contributed by atoms with Crippen molar-refractivity contribution in [3.05, 3.63) is 112 Å². The van der Waals surface area contributed by atoms with Crippen LogP contribution < -0.4 is 0 Å². The summed E-state index contributed by atoms with van der Waals surface area (Å²) in [6.45, 7) is 0.0683. The lowest BCUT2D eigenvalue weighted by Crippen LogP contribution is -2.06. The van der Waals surface area contributed by atoms with Crippen LogP contribution in [-0.2, 0) is 11.3 Å². The van der Waals surface area contributed by atoms with E-state index in [0.29, 0.717) is 16.5 Å². The SMILES string of the molecule is O=C(OCc1ccccc1Cl)c1ccc(-c2ccc(C=Nc3ccccc3)o2)cc1Cl. The van der Waals surface area contributed by atoms with Crippen molar-refractivity contribution in [2.24, 2.45) is 4.99 Å². The molecule has 4 nitrogen and oxygen atoms in total. The van der Waals surface area contributed by atoms with Gasteiger partial charge >= 0.3 is 5.97 Å². The average Bonchev–Trinajstić information content (AvgIpc) is 3.27. The Morgan fingerprint density at radius 2 is 1.68 bits per heavy atom. The molecular formula is C25H17Cl2NO3. The number of ether oxygens (including phenoxy) is 1. The molecule has 4 aromatic rings. The molecule has 4 rings (SSSR count). The van der Waals surface area contributed by atoms with Crippen LogP contribution in [0.3, 0.4) is 0 Å². The first-order valence-corrected chi connectivity index (χ1v) is 10.2. The van der Waals surface area contributed by atoms with E-state index in [0.717, 1.165) is 16.8 Å². The monoisotopic (exact) mass is 449 g/mol. The Morgan fingerprint density at radius 1 is 0.903 bits per heavy atom. The summed E-state index contributed by atoms with van der Waals surface area (Å²) in [6, 6.07) is 25.5. The summed E-state index contributed by atoms with van der Waals surface area (Å²) in [5.41, 5.74) is 2.58. The van der Waals surface area contributed by atoms with E-state index in [4.69, 9.17) is 32.4 Å². The minimum absolute atomic E-state index is 0.0683. The number of para-hydroxylation sites is 1. The lowest BCUT2D eigenvalue weighted by Gasteiger charge is -2.08. The number of nitrogens with zero attached hydrogens (tertiary/aromatic N) is 1. The molecule has 0 N–H and O–H groups in total. The maximum Gasteiger partial charge on any atom is 0.339 e. The molecule has 31 heavy (non-hydrogen) atoms. The van der Waals surface area contributed by atoms with Gasteiger partial charge in [-0.15, -0.1) is 0 Å². The van der Waals surface area contributed by atoms with Crippen LogP contribution in [0.2, 0.25) is 10.0 Å². The molecule has 0 radical (unpaired) electrons. The second kappa shape index (κ2) is 9.65. The minimum atomic E-state index is -0.522. The maximum atomic E-state index is 12.4. The van der Waals surface area contributed by atoms with Gasteiger partial charge in [0, 0.05) is 16.1 Å². The van der Waals surface area contributed by atoms with Gasteiger partial charge in [0.05, 0.1) is 22.5 Å². The van der Waals surface area contributed by atoms with Crippen LogP contribution in [0.1, 0.15) is 21.7 Å². The highest BCUT2D eigenvalue weighted by Gasteiger charge is 2.15. The highest BCUT2D eigenvalue weighted by molar-refractivity contribution is 6.34. The first kappa shape index (κ1) is 20.9. The zero-order valence-electron chi connectivity index (χ0n) is 16.3. The molecule has 6 heteroatoms. The summed E-state index contributed by atoms with van der Waals surface area (Å²) in [7, 11) is 0. The van der Waals surface area contributed by atoms with Crippen molar-refractivity contribution in [2.45, 2.75) is 6.61 Å². The highest BCUT2D eigenvalue weighted by atomic mass is 35.5. The van der Waals surface area contributed by atoms with Crippen LogP contribution in [0.5, 0.6) is 0 Å². The van der Waals surface area contributed by atoms with Crippen LogP contribution >= 0.6 is 23.2 Å². The van der Waals surface area contributed by atoms with Gasteiger partial charge in [-0.2, -0.15) is 0 Å². The number of esters is 1. The quantitative estimate of drug-likeness (QED) is 0.228. The molecule has 3 aromatic carbocycles. The van der Waals surface area contributed by atoms with Crippen LogP contribution in [-0.4, -0.2) is 12.2 Å². The average molecular weight is 450 g/mol. The molecule has 0 aliphatic rings. The van der Waals surface area contributed by atoms with Crippen LogP contribution in [0.25, 0.3) is 11.3 Å². The third-order valence-electron chi connectivity index (χ3n) is 4.51. The van der Waals surface area contributed by atoms with Gasteiger partial charge < -0.3 is 9.15 Å². The molecule has 0 bridgehead atoms. The standard InChI is InChI=1S/C25H17Cl2NO3/c26-22-9-5-4-6-18(22)16-30-25(29)21-12-10-17(14-23(21)27)24-13-11-20(31-24)15-28-19-7-2-1-3-8-19/h1-15H,16H2. The summed E-state index contributed by atoms with van der Waals surface area (Å²) in [5, 5.41) is 0.818. The van der Waals surface area contributed by atoms with E-state index in [1.54, 1.807) is 36.5 Å². The van der Waals surface area contributed by atoms with E-state index < -0.39 is 5.97 Å². The maximum absolute atomic E-state index is 12.4. The van der Waals surface area contributed by atoms with Crippen molar-refractivity contribution >= 4 is 41.1 Å². The molecule has 1 aromatic heterocycles. The first-order valence-electron chi connectivity index (χ1n) is 9.49. The normalized spacial score (nSPS) is 11.0. The first-order chi connectivity index (χ1) is 15.1. The second-order valence-electron chi connectivity index (χ2n) is 6.66. The number of hydrogen-bond acceptors (Lipinski definition) is 4. The van der Waals surface area contributed by atoms with Gasteiger partial charge in [-0.3, -0.25) is 4.99 Å². The number of rotatable bonds is 6. The fourth-order valence-corrected chi connectivity index (χ4v) is 3.35. The van der Waals surface area contributed by atoms with Gasteiger partial charge in [0.1, 0.15) is 18.1 Å².